The Morgan fingerprint density at radius 1 is 0.781 bits per heavy atom. The van der Waals surface area contributed by atoms with E-state index < -0.39 is 8.32 Å². The maximum absolute atomic E-state index is 6.94. The molecule has 0 fully saturated rings. The Kier molecular flexibility index (Phi) is 11.4. The molecule has 0 heterocycles. The minimum atomic E-state index is -2.41. The van der Waals surface area contributed by atoms with E-state index in [0.29, 0.717) is 4.75 Å². The lowest BCUT2D eigenvalue weighted by atomic mass is 10.1. The quantitative estimate of drug-likeness (QED) is 0.120. The largest absolute Gasteiger partial charge is 0.407 e. The van der Waals surface area contributed by atoms with Crippen molar-refractivity contribution in [3.05, 3.63) is 60.7 Å². The van der Waals surface area contributed by atoms with Crippen molar-refractivity contribution in [3.63, 3.8) is 0 Å². The SMILES string of the molecule is CCCC(C)(C)SSCOCCCCO[Si](c1ccccc1)(c1ccccc1)C(C)(C)C. The van der Waals surface area contributed by atoms with Gasteiger partial charge in [0.05, 0.1) is 0 Å². The van der Waals surface area contributed by atoms with E-state index in [0.717, 1.165) is 32.0 Å². The van der Waals surface area contributed by atoms with Crippen LogP contribution in [0.2, 0.25) is 5.04 Å². The van der Waals surface area contributed by atoms with Crippen molar-refractivity contribution in [3.8, 4) is 0 Å². The molecule has 2 aromatic carbocycles. The summed E-state index contributed by atoms with van der Waals surface area (Å²) in [6.45, 7) is 15.4. The van der Waals surface area contributed by atoms with Crippen molar-refractivity contribution in [1.82, 2.24) is 0 Å². The summed E-state index contributed by atoms with van der Waals surface area (Å²) in [5.74, 6) is 0.757. The van der Waals surface area contributed by atoms with Crippen molar-refractivity contribution in [1.29, 1.82) is 0 Å². The zero-order chi connectivity index (χ0) is 23.5. The zero-order valence-electron chi connectivity index (χ0n) is 20.9. The molecule has 0 unspecified atom stereocenters. The highest BCUT2D eigenvalue weighted by Gasteiger charge is 2.49. The van der Waals surface area contributed by atoms with E-state index in [-0.39, 0.29) is 5.04 Å². The van der Waals surface area contributed by atoms with Crippen LogP contribution in [0.25, 0.3) is 0 Å². The Labute approximate surface area is 205 Å². The van der Waals surface area contributed by atoms with Gasteiger partial charge in [0.15, 0.2) is 0 Å². The highest BCUT2D eigenvalue weighted by Crippen LogP contribution is 2.39. The molecule has 0 amide bonds. The Morgan fingerprint density at radius 2 is 1.31 bits per heavy atom. The molecule has 178 valence electrons. The first-order valence-electron chi connectivity index (χ1n) is 11.9. The fourth-order valence-corrected chi connectivity index (χ4v) is 11.2. The van der Waals surface area contributed by atoms with Crippen molar-refractivity contribution >= 4 is 40.3 Å². The van der Waals surface area contributed by atoms with E-state index in [1.165, 1.54) is 23.2 Å². The van der Waals surface area contributed by atoms with Crippen LogP contribution in [0.3, 0.4) is 0 Å². The van der Waals surface area contributed by atoms with Gasteiger partial charge in [0.2, 0.25) is 0 Å². The van der Waals surface area contributed by atoms with Crippen molar-refractivity contribution in [2.24, 2.45) is 0 Å². The van der Waals surface area contributed by atoms with Gasteiger partial charge in [-0.15, -0.1) is 0 Å². The monoisotopic (exact) mass is 490 g/mol. The Hall–Kier alpha value is -0.723. The van der Waals surface area contributed by atoms with Crippen LogP contribution in [0.4, 0.5) is 0 Å². The fraction of sp³-hybridized carbons (Fsp3) is 0.556. The minimum Gasteiger partial charge on any atom is -0.407 e. The van der Waals surface area contributed by atoms with Crippen LogP contribution in [0.15, 0.2) is 60.7 Å². The van der Waals surface area contributed by atoms with Crippen LogP contribution in [0.1, 0.15) is 67.2 Å². The highest BCUT2D eigenvalue weighted by molar-refractivity contribution is 8.77. The molecule has 0 aliphatic heterocycles. The third kappa shape index (κ3) is 7.95. The van der Waals surface area contributed by atoms with Gasteiger partial charge in [-0.1, -0.05) is 116 Å². The summed E-state index contributed by atoms with van der Waals surface area (Å²) in [4.78, 5) is 0. The molecular formula is C27H42O2S2Si. The predicted octanol–water partition coefficient (Wildman–Crippen LogP) is 7.28. The van der Waals surface area contributed by atoms with E-state index in [4.69, 9.17) is 9.16 Å². The van der Waals surface area contributed by atoms with Crippen molar-refractivity contribution in [2.75, 3.05) is 19.2 Å². The van der Waals surface area contributed by atoms with Gasteiger partial charge in [0, 0.05) is 18.0 Å². The summed E-state index contributed by atoms with van der Waals surface area (Å²) in [6, 6.07) is 21.7. The van der Waals surface area contributed by atoms with Crippen LogP contribution in [-0.4, -0.2) is 32.2 Å². The molecule has 0 bridgehead atoms. The third-order valence-corrected chi connectivity index (χ3v) is 13.8. The minimum absolute atomic E-state index is 0.0331. The molecule has 32 heavy (non-hydrogen) atoms. The smallest absolute Gasteiger partial charge is 0.261 e. The Morgan fingerprint density at radius 3 is 1.81 bits per heavy atom. The number of unbranched alkanes of at least 4 members (excludes halogenated alkanes) is 1. The first-order chi connectivity index (χ1) is 15.2. The van der Waals surface area contributed by atoms with Gasteiger partial charge in [0.25, 0.3) is 8.32 Å². The summed E-state index contributed by atoms with van der Waals surface area (Å²) < 4.78 is 13.1. The van der Waals surface area contributed by atoms with E-state index in [1.54, 1.807) is 0 Å². The lowest BCUT2D eigenvalue weighted by Gasteiger charge is -2.43. The van der Waals surface area contributed by atoms with Gasteiger partial charge in [-0.3, -0.25) is 0 Å². The zero-order valence-corrected chi connectivity index (χ0v) is 23.5. The number of hydrogen-bond donors (Lipinski definition) is 0. The Balaban J connectivity index is 1.91. The molecule has 2 rings (SSSR count). The summed E-state index contributed by atoms with van der Waals surface area (Å²) in [5, 5.41) is 2.72. The standard InChI is InChI=1S/C27H42O2S2Si/c1-7-20-27(5,6)31-30-23-28-21-14-15-22-29-32(26(2,3)4,24-16-10-8-11-17-24)25-18-12-9-13-19-25/h8-13,16-19H,7,14-15,20-23H2,1-6H3. The lowest BCUT2D eigenvalue weighted by molar-refractivity contribution is 0.170. The van der Waals surface area contributed by atoms with Crippen molar-refractivity contribution in [2.45, 2.75) is 77.0 Å². The fourth-order valence-electron chi connectivity index (χ4n) is 4.21. The second-order valence-corrected chi connectivity index (χ2v) is 17.2. The summed E-state index contributed by atoms with van der Waals surface area (Å²) in [5.41, 5.74) is 0. The van der Waals surface area contributed by atoms with E-state index in [1.807, 2.05) is 21.6 Å². The molecule has 0 atom stereocenters. The topological polar surface area (TPSA) is 18.5 Å². The number of rotatable bonds is 14. The maximum atomic E-state index is 6.94. The molecule has 0 aliphatic carbocycles. The third-order valence-electron chi connectivity index (χ3n) is 5.69. The molecule has 0 saturated carbocycles. The molecule has 0 saturated heterocycles. The molecule has 0 N–H and O–H groups in total. The van der Waals surface area contributed by atoms with Crippen LogP contribution in [0, 0.1) is 0 Å². The van der Waals surface area contributed by atoms with E-state index in [2.05, 4.69) is 102 Å². The average molecular weight is 491 g/mol. The van der Waals surface area contributed by atoms with Gasteiger partial charge in [0.1, 0.15) is 5.94 Å². The molecule has 0 spiro atoms. The molecule has 0 aromatic heterocycles. The summed E-state index contributed by atoms with van der Waals surface area (Å²) in [7, 11) is 1.37. The van der Waals surface area contributed by atoms with Gasteiger partial charge < -0.3 is 9.16 Å². The van der Waals surface area contributed by atoms with Crippen LogP contribution < -0.4 is 10.4 Å². The maximum Gasteiger partial charge on any atom is 0.261 e. The number of benzene rings is 2. The first kappa shape index (κ1) is 27.5. The van der Waals surface area contributed by atoms with Gasteiger partial charge in [-0.2, -0.15) is 0 Å². The van der Waals surface area contributed by atoms with Gasteiger partial charge >= 0.3 is 0 Å². The molecular weight excluding hydrogens is 449 g/mol. The predicted molar refractivity (Wildman–Crippen MR) is 148 cm³/mol. The number of ether oxygens (including phenoxy) is 1. The van der Waals surface area contributed by atoms with E-state index in [9.17, 15) is 0 Å². The van der Waals surface area contributed by atoms with Gasteiger partial charge in [-0.25, -0.2) is 0 Å². The highest BCUT2D eigenvalue weighted by atomic mass is 33.1. The molecule has 0 radical (unpaired) electrons. The summed E-state index contributed by atoms with van der Waals surface area (Å²) in [6.07, 6.45) is 4.52. The molecule has 2 nitrogen and oxygen atoms in total. The van der Waals surface area contributed by atoms with Crippen LogP contribution >= 0.6 is 21.6 Å². The Bertz CT molecular complexity index is 721. The molecule has 0 aliphatic rings. The van der Waals surface area contributed by atoms with Crippen molar-refractivity contribution < 1.29 is 9.16 Å². The van der Waals surface area contributed by atoms with Crippen LogP contribution in [-0.2, 0) is 9.16 Å². The van der Waals surface area contributed by atoms with Crippen LogP contribution in [0.5, 0.6) is 0 Å². The second-order valence-electron chi connectivity index (χ2n) is 9.96. The summed E-state index contributed by atoms with van der Waals surface area (Å²) >= 11 is 0. The molecule has 2 aromatic rings. The number of hydrogen-bond acceptors (Lipinski definition) is 4. The second kappa shape index (κ2) is 13.2. The average Bonchev–Trinajstić information content (AvgIpc) is 2.75. The normalized spacial score (nSPS) is 12.8. The van der Waals surface area contributed by atoms with E-state index >= 15 is 0 Å². The van der Waals surface area contributed by atoms with Gasteiger partial charge in [-0.05, 0) is 48.5 Å². The molecule has 5 heteroatoms. The first-order valence-corrected chi connectivity index (χ1v) is 16.1. The lowest BCUT2D eigenvalue weighted by Crippen LogP contribution is -2.66.